The van der Waals surface area contributed by atoms with Crippen LogP contribution in [0.4, 0.5) is 5.69 Å². The SMILES string of the molecule is CCN(CC)CCNC(=O)c1c(C)[nH]c(CC2C(=O)Nc3ccc(CC[NH+](C)C)cc32)c1C. The number of nitrogens with zero attached hydrogens (tertiary/aromatic N) is 1. The number of nitrogens with one attached hydrogen (secondary N) is 4. The highest BCUT2D eigenvalue weighted by Crippen LogP contribution is 2.36. The van der Waals surface area contributed by atoms with E-state index >= 15 is 0 Å². The van der Waals surface area contributed by atoms with Crippen molar-refractivity contribution < 1.29 is 14.5 Å². The predicted octanol–water partition coefficient (Wildman–Crippen LogP) is 1.67. The first kappa shape index (κ1) is 25.0. The van der Waals surface area contributed by atoms with Crippen LogP contribution in [0.25, 0.3) is 0 Å². The van der Waals surface area contributed by atoms with Crippen LogP contribution in [0.1, 0.15) is 58.2 Å². The molecule has 1 aromatic heterocycles. The summed E-state index contributed by atoms with van der Waals surface area (Å²) in [7, 11) is 4.30. The van der Waals surface area contributed by atoms with Crippen LogP contribution >= 0.6 is 0 Å². The molecule has 2 aromatic rings. The molecule has 0 radical (unpaired) electrons. The number of carbonyl (C=O) groups excluding carboxylic acids is 2. The van der Waals surface area contributed by atoms with Crippen LogP contribution in [-0.4, -0.2) is 68.5 Å². The van der Waals surface area contributed by atoms with Crippen LogP contribution < -0.4 is 15.5 Å². The molecule has 0 saturated carbocycles. The monoisotopic (exact) mass is 454 g/mol. The molecule has 0 aliphatic carbocycles. The van der Waals surface area contributed by atoms with Crippen LogP contribution in [-0.2, 0) is 17.6 Å². The molecule has 0 spiro atoms. The highest BCUT2D eigenvalue weighted by atomic mass is 16.2. The summed E-state index contributed by atoms with van der Waals surface area (Å²) in [4.78, 5) is 32.8. The Morgan fingerprint density at radius 1 is 1.18 bits per heavy atom. The molecule has 1 aliphatic rings. The Morgan fingerprint density at radius 3 is 2.58 bits per heavy atom. The molecule has 1 aromatic carbocycles. The normalized spacial score (nSPS) is 15.3. The molecule has 2 amide bonds. The lowest BCUT2D eigenvalue weighted by Gasteiger charge is -2.18. The Hall–Kier alpha value is -2.64. The van der Waals surface area contributed by atoms with Gasteiger partial charge in [0.05, 0.1) is 32.1 Å². The molecular weight excluding hydrogens is 414 g/mol. The summed E-state index contributed by atoms with van der Waals surface area (Å²) < 4.78 is 0. The number of carbonyl (C=O) groups is 2. The van der Waals surface area contributed by atoms with Crippen LogP contribution in [0.3, 0.4) is 0 Å². The van der Waals surface area contributed by atoms with Gasteiger partial charge >= 0.3 is 0 Å². The molecule has 3 rings (SSSR count). The summed E-state index contributed by atoms with van der Waals surface area (Å²) in [5.41, 5.74) is 6.66. The third kappa shape index (κ3) is 5.84. The topological polar surface area (TPSA) is 81.7 Å². The third-order valence-corrected chi connectivity index (χ3v) is 6.76. The van der Waals surface area contributed by atoms with Crippen molar-refractivity contribution in [3.05, 3.63) is 51.8 Å². The predicted molar refractivity (Wildman–Crippen MR) is 133 cm³/mol. The average molecular weight is 455 g/mol. The number of aromatic nitrogens is 1. The molecule has 7 nitrogen and oxygen atoms in total. The summed E-state index contributed by atoms with van der Waals surface area (Å²) in [6.45, 7) is 12.6. The van der Waals surface area contributed by atoms with Gasteiger partial charge in [0, 0.05) is 43.0 Å². The zero-order chi connectivity index (χ0) is 24.1. The number of amides is 2. The number of anilines is 1. The fraction of sp³-hybridized carbons (Fsp3) is 0.538. The molecule has 1 unspecified atom stereocenters. The van der Waals surface area contributed by atoms with Gasteiger partial charge < -0.3 is 25.4 Å². The molecule has 1 atom stereocenters. The maximum Gasteiger partial charge on any atom is 0.253 e. The van der Waals surface area contributed by atoms with E-state index in [0.717, 1.165) is 60.8 Å². The Balaban J connectivity index is 1.74. The van der Waals surface area contributed by atoms with Gasteiger partial charge in [-0.3, -0.25) is 9.59 Å². The summed E-state index contributed by atoms with van der Waals surface area (Å²) in [6, 6.07) is 6.30. The second-order valence-corrected chi connectivity index (χ2v) is 9.39. The zero-order valence-electron chi connectivity index (χ0n) is 21.0. The van der Waals surface area contributed by atoms with Crippen molar-refractivity contribution >= 4 is 17.5 Å². The van der Waals surface area contributed by atoms with Crippen molar-refractivity contribution in [1.82, 2.24) is 15.2 Å². The van der Waals surface area contributed by atoms with Gasteiger partial charge in [-0.25, -0.2) is 0 Å². The van der Waals surface area contributed by atoms with Crippen molar-refractivity contribution in [3.63, 3.8) is 0 Å². The molecule has 4 N–H and O–H groups in total. The molecule has 0 fully saturated rings. The first-order valence-electron chi connectivity index (χ1n) is 12.2. The van der Waals surface area contributed by atoms with Crippen molar-refractivity contribution in [1.29, 1.82) is 0 Å². The minimum Gasteiger partial charge on any atom is -0.362 e. The lowest BCUT2D eigenvalue weighted by molar-refractivity contribution is -0.858. The largest absolute Gasteiger partial charge is 0.362 e. The molecule has 2 heterocycles. The van der Waals surface area contributed by atoms with E-state index in [4.69, 9.17) is 0 Å². The molecule has 7 heteroatoms. The number of H-pyrrole nitrogens is 1. The second-order valence-electron chi connectivity index (χ2n) is 9.39. The second kappa shape index (κ2) is 11.0. The summed E-state index contributed by atoms with van der Waals surface area (Å²) in [5, 5.41) is 6.09. The Kier molecular flexibility index (Phi) is 8.32. The van der Waals surface area contributed by atoms with E-state index in [1.807, 2.05) is 19.9 Å². The molecular formula is C26H40N5O2+. The quantitative estimate of drug-likeness (QED) is 0.417. The van der Waals surface area contributed by atoms with E-state index in [0.29, 0.717) is 18.5 Å². The van der Waals surface area contributed by atoms with Gasteiger partial charge in [-0.15, -0.1) is 0 Å². The lowest BCUT2D eigenvalue weighted by Crippen LogP contribution is -3.05. The average Bonchev–Trinajstić information content (AvgIpc) is 3.24. The van der Waals surface area contributed by atoms with Crippen molar-refractivity contribution in [2.75, 3.05) is 52.1 Å². The highest BCUT2D eigenvalue weighted by molar-refractivity contribution is 6.03. The number of hydrogen-bond donors (Lipinski definition) is 4. The van der Waals surface area contributed by atoms with E-state index in [1.54, 1.807) is 0 Å². The highest BCUT2D eigenvalue weighted by Gasteiger charge is 2.32. The van der Waals surface area contributed by atoms with E-state index in [1.165, 1.54) is 10.5 Å². The maximum absolute atomic E-state index is 12.9. The molecule has 1 aliphatic heterocycles. The van der Waals surface area contributed by atoms with Gasteiger partial charge in [-0.1, -0.05) is 26.0 Å². The van der Waals surface area contributed by atoms with Crippen LogP contribution in [0.2, 0.25) is 0 Å². The zero-order valence-corrected chi connectivity index (χ0v) is 21.0. The maximum atomic E-state index is 12.9. The number of fused-ring (bicyclic) bond motifs is 1. The van der Waals surface area contributed by atoms with E-state index in [2.05, 4.69) is 60.6 Å². The van der Waals surface area contributed by atoms with Gasteiger partial charge in [0.1, 0.15) is 0 Å². The number of aryl methyl sites for hydroxylation is 1. The van der Waals surface area contributed by atoms with Gasteiger partial charge in [0.25, 0.3) is 5.91 Å². The summed E-state index contributed by atoms with van der Waals surface area (Å²) in [5.74, 6) is -0.274. The summed E-state index contributed by atoms with van der Waals surface area (Å²) in [6.07, 6.45) is 1.54. The van der Waals surface area contributed by atoms with E-state index in [-0.39, 0.29) is 17.7 Å². The van der Waals surface area contributed by atoms with Gasteiger partial charge in [-0.05, 0) is 49.7 Å². The molecule has 0 bridgehead atoms. The van der Waals surface area contributed by atoms with Gasteiger partial charge in [0.2, 0.25) is 5.91 Å². The Labute approximate surface area is 197 Å². The van der Waals surface area contributed by atoms with Gasteiger partial charge in [-0.2, -0.15) is 0 Å². The first-order chi connectivity index (χ1) is 15.7. The van der Waals surface area contributed by atoms with E-state index < -0.39 is 0 Å². The first-order valence-corrected chi connectivity index (χ1v) is 12.2. The van der Waals surface area contributed by atoms with E-state index in [9.17, 15) is 9.59 Å². The lowest BCUT2D eigenvalue weighted by atomic mass is 9.92. The van der Waals surface area contributed by atoms with Crippen LogP contribution in [0.5, 0.6) is 0 Å². The summed E-state index contributed by atoms with van der Waals surface area (Å²) >= 11 is 0. The Bertz CT molecular complexity index is 991. The van der Waals surface area contributed by atoms with Crippen molar-refractivity contribution in [2.45, 2.75) is 46.5 Å². The third-order valence-electron chi connectivity index (χ3n) is 6.76. The minimum atomic E-state index is -0.248. The number of likely N-dealkylation sites (N-methyl/N-ethyl adjacent to an activating group) is 2. The van der Waals surface area contributed by atoms with Crippen molar-refractivity contribution in [3.8, 4) is 0 Å². The standard InChI is InChI=1S/C26H39N5O2/c1-7-31(8-2)14-12-27-26(33)24-17(3)23(28-18(24)4)16-21-20-15-19(11-13-30(5)6)9-10-22(20)29-25(21)32/h9-10,15,21,28H,7-8,11-14,16H2,1-6H3,(H,27,33)(H,29,32)/p+1. The Morgan fingerprint density at radius 2 is 1.91 bits per heavy atom. The fourth-order valence-electron chi connectivity index (χ4n) is 4.65. The number of hydrogen-bond acceptors (Lipinski definition) is 3. The molecule has 180 valence electrons. The van der Waals surface area contributed by atoms with Gasteiger partial charge in [0.15, 0.2) is 0 Å². The number of quaternary nitrogens is 1. The van der Waals surface area contributed by atoms with Crippen LogP contribution in [0.15, 0.2) is 18.2 Å². The van der Waals surface area contributed by atoms with Crippen molar-refractivity contribution in [2.24, 2.45) is 0 Å². The molecule has 33 heavy (non-hydrogen) atoms. The fourth-order valence-corrected chi connectivity index (χ4v) is 4.65. The van der Waals surface area contributed by atoms with Crippen LogP contribution in [0, 0.1) is 13.8 Å². The molecule has 0 saturated heterocycles. The smallest absolute Gasteiger partial charge is 0.253 e. The number of aromatic amines is 1. The number of rotatable bonds is 11. The minimum absolute atomic E-state index is 0.0252. The number of benzene rings is 1.